The molecule has 0 atom stereocenters. The monoisotopic (exact) mass is 292 g/mol. The fourth-order valence-electron chi connectivity index (χ4n) is 2.45. The molecule has 0 aliphatic heterocycles. The topological polar surface area (TPSA) is 57.3 Å². The number of nitrogens with one attached hydrogen (secondary N) is 2. The van der Waals surface area contributed by atoms with E-state index in [1.54, 1.807) is 6.20 Å². The minimum atomic E-state index is -0.0840. The molecule has 0 bridgehead atoms. The minimum Gasteiger partial charge on any atom is -0.387 e. The first kappa shape index (κ1) is 17.4. The van der Waals surface area contributed by atoms with Crippen molar-refractivity contribution in [1.82, 2.24) is 15.2 Å². The van der Waals surface area contributed by atoms with Crippen molar-refractivity contribution in [2.24, 2.45) is 0 Å². The van der Waals surface area contributed by atoms with Gasteiger partial charge in [0.25, 0.3) is 5.91 Å². The van der Waals surface area contributed by atoms with Gasteiger partial charge in [0.2, 0.25) is 0 Å². The van der Waals surface area contributed by atoms with Crippen LogP contribution in [0.25, 0.3) is 0 Å². The van der Waals surface area contributed by atoms with Gasteiger partial charge in [0.1, 0.15) is 0 Å². The third-order valence-corrected chi connectivity index (χ3v) is 3.54. The lowest BCUT2D eigenvalue weighted by Crippen LogP contribution is -2.42. The van der Waals surface area contributed by atoms with Gasteiger partial charge in [0, 0.05) is 44.1 Å². The fourth-order valence-corrected chi connectivity index (χ4v) is 2.45. The number of nitrogens with zero attached hydrogens (tertiary/aromatic N) is 2. The zero-order valence-corrected chi connectivity index (χ0v) is 14.0. The van der Waals surface area contributed by atoms with Crippen molar-refractivity contribution in [2.45, 2.75) is 46.7 Å². The van der Waals surface area contributed by atoms with Crippen molar-refractivity contribution in [3.63, 3.8) is 0 Å². The number of aryl methyl sites for hydroxylation is 1. The maximum atomic E-state index is 12.2. The van der Waals surface area contributed by atoms with E-state index in [-0.39, 0.29) is 5.91 Å². The molecule has 0 fully saturated rings. The Bertz CT molecular complexity index is 463. The van der Waals surface area contributed by atoms with Crippen LogP contribution in [0.15, 0.2) is 12.3 Å². The molecule has 0 saturated carbocycles. The summed E-state index contributed by atoms with van der Waals surface area (Å²) in [5, 5.41) is 6.01. The first-order valence-corrected chi connectivity index (χ1v) is 7.55. The molecule has 1 aromatic rings. The van der Waals surface area contributed by atoms with Gasteiger partial charge in [-0.25, -0.2) is 0 Å². The third-order valence-electron chi connectivity index (χ3n) is 3.54. The van der Waals surface area contributed by atoms with E-state index in [0.717, 1.165) is 17.9 Å². The number of hydrogen-bond donors (Lipinski definition) is 2. The molecule has 5 nitrogen and oxygen atoms in total. The SMILES string of the molecule is CNc1cc(C)ncc1C(=O)NCCN(C(C)C)C(C)C. The zero-order valence-electron chi connectivity index (χ0n) is 14.0. The van der Waals surface area contributed by atoms with Crippen LogP contribution >= 0.6 is 0 Å². The molecular formula is C16H28N4O. The van der Waals surface area contributed by atoms with Gasteiger partial charge in [0.05, 0.1) is 11.3 Å². The van der Waals surface area contributed by atoms with E-state index in [0.29, 0.717) is 24.2 Å². The molecule has 5 heteroatoms. The van der Waals surface area contributed by atoms with E-state index in [2.05, 4.69) is 48.2 Å². The van der Waals surface area contributed by atoms with Crippen LogP contribution in [-0.2, 0) is 0 Å². The summed E-state index contributed by atoms with van der Waals surface area (Å²) >= 11 is 0. The summed E-state index contributed by atoms with van der Waals surface area (Å²) in [5.41, 5.74) is 2.29. The smallest absolute Gasteiger partial charge is 0.254 e. The van der Waals surface area contributed by atoms with Crippen LogP contribution in [0.5, 0.6) is 0 Å². The van der Waals surface area contributed by atoms with Gasteiger partial charge in [-0.2, -0.15) is 0 Å². The quantitative estimate of drug-likeness (QED) is 0.809. The zero-order chi connectivity index (χ0) is 16.0. The number of amides is 1. The van der Waals surface area contributed by atoms with E-state index in [1.165, 1.54) is 0 Å². The van der Waals surface area contributed by atoms with Gasteiger partial charge in [-0.15, -0.1) is 0 Å². The summed E-state index contributed by atoms with van der Waals surface area (Å²) in [6.07, 6.45) is 1.62. The second-order valence-corrected chi connectivity index (χ2v) is 5.80. The van der Waals surface area contributed by atoms with Crippen LogP contribution in [-0.4, -0.2) is 48.0 Å². The predicted octanol–water partition coefficient (Wildman–Crippen LogP) is 2.28. The summed E-state index contributed by atoms with van der Waals surface area (Å²) in [4.78, 5) is 18.8. The van der Waals surface area contributed by atoms with Gasteiger partial charge in [-0.3, -0.25) is 14.7 Å². The maximum absolute atomic E-state index is 12.2. The molecule has 1 amide bonds. The number of carbonyl (C=O) groups excluding carboxylic acids is 1. The lowest BCUT2D eigenvalue weighted by molar-refractivity contribution is 0.0940. The first-order valence-electron chi connectivity index (χ1n) is 7.55. The van der Waals surface area contributed by atoms with Crippen LogP contribution < -0.4 is 10.6 Å². The molecule has 0 spiro atoms. The van der Waals surface area contributed by atoms with E-state index in [4.69, 9.17) is 0 Å². The van der Waals surface area contributed by atoms with E-state index in [1.807, 2.05) is 20.0 Å². The van der Waals surface area contributed by atoms with Crippen molar-refractivity contribution in [2.75, 3.05) is 25.5 Å². The number of pyridine rings is 1. The number of rotatable bonds is 7. The normalized spacial score (nSPS) is 11.3. The Hall–Kier alpha value is -1.62. The molecule has 21 heavy (non-hydrogen) atoms. The lowest BCUT2D eigenvalue weighted by atomic mass is 10.2. The molecular weight excluding hydrogens is 264 g/mol. The average Bonchev–Trinajstić information content (AvgIpc) is 2.42. The summed E-state index contributed by atoms with van der Waals surface area (Å²) in [5.74, 6) is -0.0840. The molecule has 1 aromatic heterocycles. The Morgan fingerprint density at radius 3 is 2.43 bits per heavy atom. The molecule has 118 valence electrons. The summed E-state index contributed by atoms with van der Waals surface area (Å²) in [6, 6.07) is 2.82. The lowest BCUT2D eigenvalue weighted by Gasteiger charge is -2.30. The highest BCUT2D eigenvalue weighted by Crippen LogP contribution is 2.14. The molecule has 1 rings (SSSR count). The Morgan fingerprint density at radius 2 is 1.90 bits per heavy atom. The van der Waals surface area contributed by atoms with Gasteiger partial charge in [-0.05, 0) is 40.7 Å². The second-order valence-electron chi connectivity index (χ2n) is 5.80. The molecule has 0 saturated heterocycles. The van der Waals surface area contributed by atoms with Crippen molar-refractivity contribution < 1.29 is 4.79 Å². The Kier molecular flexibility index (Phi) is 6.62. The Morgan fingerprint density at radius 1 is 1.29 bits per heavy atom. The molecule has 0 aromatic carbocycles. The summed E-state index contributed by atoms with van der Waals surface area (Å²) in [7, 11) is 1.81. The standard InChI is InChI=1S/C16H28N4O/c1-11(2)20(12(3)4)8-7-18-16(21)14-10-19-13(5)9-15(14)17-6/h9-12H,7-8H2,1-6H3,(H,17,19)(H,18,21). The van der Waals surface area contributed by atoms with Crippen molar-refractivity contribution >= 4 is 11.6 Å². The van der Waals surface area contributed by atoms with E-state index >= 15 is 0 Å². The van der Waals surface area contributed by atoms with Gasteiger partial charge < -0.3 is 10.6 Å². The predicted molar refractivity (Wildman–Crippen MR) is 87.8 cm³/mol. The highest BCUT2D eigenvalue weighted by Gasteiger charge is 2.15. The number of aromatic nitrogens is 1. The Balaban J connectivity index is 2.62. The van der Waals surface area contributed by atoms with Gasteiger partial charge in [0.15, 0.2) is 0 Å². The van der Waals surface area contributed by atoms with Gasteiger partial charge >= 0.3 is 0 Å². The fraction of sp³-hybridized carbons (Fsp3) is 0.625. The van der Waals surface area contributed by atoms with E-state index in [9.17, 15) is 4.79 Å². The number of carbonyl (C=O) groups is 1. The third kappa shape index (κ3) is 5.01. The van der Waals surface area contributed by atoms with Crippen LogP contribution in [0.1, 0.15) is 43.7 Å². The van der Waals surface area contributed by atoms with Gasteiger partial charge in [-0.1, -0.05) is 0 Å². The minimum absolute atomic E-state index is 0.0840. The molecule has 0 unspecified atom stereocenters. The average molecular weight is 292 g/mol. The molecule has 1 heterocycles. The molecule has 0 radical (unpaired) electrons. The first-order chi connectivity index (χ1) is 9.86. The summed E-state index contributed by atoms with van der Waals surface area (Å²) in [6.45, 7) is 12.1. The summed E-state index contributed by atoms with van der Waals surface area (Å²) < 4.78 is 0. The number of anilines is 1. The van der Waals surface area contributed by atoms with Crippen molar-refractivity contribution in [3.05, 3.63) is 23.5 Å². The molecule has 0 aliphatic carbocycles. The molecule has 0 aliphatic rings. The van der Waals surface area contributed by atoms with Crippen molar-refractivity contribution in [1.29, 1.82) is 0 Å². The maximum Gasteiger partial charge on any atom is 0.254 e. The highest BCUT2D eigenvalue weighted by molar-refractivity contribution is 5.99. The highest BCUT2D eigenvalue weighted by atomic mass is 16.1. The van der Waals surface area contributed by atoms with Crippen LogP contribution in [0.3, 0.4) is 0 Å². The number of hydrogen-bond acceptors (Lipinski definition) is 4. The Labute approximate surface area is 128 Å². The van der Waals surface area contributed by atoms with Crippen LogP contribution in [0.2, 0.25) is 0 Å². The van der Waals surface area contributed by atoms with E-state index < -0.39 is 0 Å². The second kappa shape index (κ2) is 7.98. The van der Waals surface area contributed by atoms with Crippen LogP contribution in [0.4, 0.5) is 5.69 Å². The molecule has 2 N–H and O–H groups in total. The van der Waals surface area contributed by atoms with Crippen molar-refractivity contribution in [3.8, 4) is 0 Å². The van der Waals surface area contributed by atoms with Crippen LogP contribution in [0, 0.1) is 6.92 Å². The largest absolute Gasteiger partial charge is 0.387 e.